The van der Waals surface area contributed by atoms with Gasteiger partial charge in [0.2, 0.25) is 0 Å². The van der Waals surface area contributed by atoms with Crippen LogP contribution in [0.1, 0.15) is 34.5 Å². The van der Waals surface area contributed by atoms with Crippen LogP contribution in [-0.2, 0) is 5.75 Å². The number of benzene rings is 2. The molecule has 2 heterocycles. The molecule has 4 nitrogen and oxygen atoms in total. The van der Waals surface area contributed by atoms with Crippen molar-refractivity contribution in [2.24, 2.45) is 0 Å². The van der Waals surface area contributed by atoms with Gasteiger partial charge < -0.3 is 10.2 Å². The average molecular weight is 410 g/mol. The van der Waals surface area contributed by atoms with E-state index in [0.717, 1.165) is 35.1 Å². The fourth-order valence-electron chi connectivity index (χ4n) is 3.49. The topological polar surface area (TPSA) is 45.2 Å². The van der Waals surface area contributed by atoms with E-state index in [0.29, 0.717) is 5.56 Å². The Morgan fingerprint density at radius 1 is 1.21 bits per heavy atom. The van der Waals surface area contributed by atoms with Gasteiger partial charge in [-0.3, -0.25) is 4.79 Å². The van der Waals surface area contributed by atoms with Gasteiger partial charge in [-0.25, -0.2) is 4.98 Å². The molecule has 1 saturated heterocycles. The second-order valence-electron chi connectivity index (χ2n) is 6.91. The van der Waals surface area contributed by atoms with Gasteiger partial charge in [0.25, 0.3) is 5.91 Å². The maximum atomic E-state index is 12.9. The summed E-state index contributed by atoms with van der Waals surface area (Å²) in [7, 11) is 0. The summed E-state index contributed by atoms with van der Waals surface area (Å²) in [5.74, 6) is 0.687. The Morgan fingerprint density at radius 2 is 2.04 bits per heavy atom. The van der Waals surface area contributed by atoms with Crippen LogP contribution >= 0.6 is 23.1 Å². The van der Waals surface area contributed by atoms with Crippen LogP contribution in [0.3, 0.4) is 0 Å². The van der Waals surface area contributed by atoms with Gasteiger partial charge in [-0.2, -0.15) is 0 Å². The minimum atomic E-state index is -0.0744. The molecule has 1 aliphatic rings. The summed E-state index contributed by atoms with van der Waals surface area (Å²) in [5.41, 5.74) is 6.88. The number of carbonyl (C=O) groups excluding carboxylic acids is 1. The molecule has 1 aromatic heterocycles. The third kappa shape index (κ3) is 4.39. The second-order valence-corrected chi connectivity index (χ2v) is 8.65. The normalized spacial score (nSPS) is 13.7. The number of anilines is 2. The third-order valence-electron chi connectivity index (χ3n) is 4.89. The molecule has 4 rings (SSSR count). The summed E-state index contributed by atoms with van der Waals surface area (Å²) in [4.78, 5) is 20.6. The van der Waals surface area contributed by atoms with Gasteiger partial charge in [0.1, 0.15) is 0 Å². The van der Waals surface area contributed by atoms with Gasteiger partial charge in [0.05, 0.1) is 16.8 Å². The van der Waals surface area contributed by atoms with Crippen molar-refractivity contribution in [3.63, 3.8) is 0 Å². The van der Waals surface area contributed by atoms with Gasteiger partial charge in [-0.1, -0.05) is 12.1 Å². The molecule has 1 aliphatic heterocycles. The van der Waals surface area contributed by atoms with Crippen molar-refractivity contribution >= 4 is 40.4 Å². The lowest BCUT2D eigenvalue weighted by atomic mass is 10.1. The van der Waals surface area contributed by atoms with Crippen molar-refractivity contribution in [1.82, 2.24) is 4.98 Å². The van der Waals surface area contributed by atoms with E-state index in [1.165, 1.54) is 24.1 Å². The first-order valence-electron chi connectivity index (χ1n) is 9.46. The molecule has 1 amide bonds. The number of hydrogen-bond acceptors (Lipinski definition) is 5. The first-order chi connectivity index (χ1) is 13.7. The molecule has 0 saturated carbocycles. The maximum Gasteiger partial charge on any atom is 0.256 e. The smallest absolute Gasteiger partial charge is 0.256 e. The molecule has 0 radical (unpaired) electrons. The highest BCUT2D eigenvalue weighted by Crippen LogP contribution is 2.29. The first kappa shape index (κ1) is 19.0. The van der Waals surface area contributed by atoms with Crippen molar-refractivity contribution in [2.75, 3.05) is 23.3 Å². The average Bonchev–Trinajstić information content (AvgIpc) is 3.41. The number of aryl methyl sites for hydroxylation is 1. The molecule has 1 fully saturated rings. The SMILES string of the molecule is Cc1cc(NC(=O)c2ccccc2SCc2cscn2)ccc1N1CCCC1. The van der Waals surface area contributed by atoms with Gasteiger partial charge in [-0.15, -0.1) is 23.1 Å². The molecule has 144 valence electrons. The molecule has 3 aromatic rings. The number of aromatic nitrogens is 1. The molecule has 1 N–H and O–H groups in total. The number of thioether (sulfide) groups is 1. The van der Waals surface area contributed by atoms with Crippen molar-refractivity contribution in [2.45, 2.75) is 30.4 Å². The lowest BCUT2D eigenvalue weighted by Crippen LogP contribution is -2.19. The Bertz CT molecular complexity index is 950. The molecular formula is C22H23N3OS2. The van der Waals surface area contributed by atoms with Crippen LogP contribution in [-0.4, -0.2) is 24.0 Å². The summed E-state index contributed by atoms with van der Waals surface area (Å²) in [6, 6.07) is 13.9. The Kier molecular flexibility index (Phi) is 5.98. The zero-order chi connectivity index (χ0) is 19.3. The number of carbonyl (C=O) groups is 1. The highest BCUT2D eigenvalue weighted by Gasteiger charge is 2.16. The Morgan fingerprint density at radius 3 is 2.79 bits per heavy atom. The van der Waals surface area contributed by atoms with E-state index in [1.54, 1.807) is 23.1 Å². The van der Waals surface area contributed by atoms with E-state index in [9.17, 15) is 4.79 Å². The molecular weight excluding hydrogens is 386 g/mol. The maximum absolute atomic E-state index is 12.9. The number of rotatable bonds is 6. The van der Waals surface area contributed by atoms with Crippen LogP contribution in [0.4, 0.5) is 11.4 Å². The minimum Gasteiger partial charge on any atom is -0.371 e. The molecule has 0 spiro atoms. The van der Waals surface area contributed by atoms with Gasteiger partial charge in [0.15, 0.2) is 0 Å². The number of thiazole rings is 1. The number of nitrogens with zero attached hydrogens (tertiary/aromatic N) is 2. The summed E-state index contributed by atoms with van der Waals surface area (Å²) in [6.07, 6.45) is 2.51. The zero-order valence-corrected chi connectivity index (χ0v) is 17.5. The lowest BCUT2D eigenvalue weighted by molar-refractivity contribution is 0.102. The lowest BCUT2D eigenvalue weighted by Gasteiger charge is -2.20. The number of amides is 1. The Hall–Kier alpha value is -2.31. The van der Waals surface area contributed by atoms with Gasteiger partial charge in [0, 0.05) is 40.5 Å². The zero-order valence-electron chi connectivity index (χ0n) is 15.9. The van der Waals surface area contributed by atoms with E-state index in [4.69, 9.17) is 0 Å². The summed E-state index contributed by atoms with van der Waals surface area (Å²) in [6.45, 7) is 4.35. The summed E-state index contributed by atoms with van der Waals surface area (Å²) >= 11 is 3.23. The number of hydrogen-bond donors (Lipinski definition) is 1. The van der Waals surface area contributed by atoms with Crippen molar-refractivity contribution in [3.05, 3.63) is 70.2 Å². The highest BCUT2D eigenvalue weighted by atomic mass is 32.2. The van der Waals surface area contributed by atoms with E-state index in [1.807, 2.05) is 41.2 Å². The molecule has 0 aliphatic carbocycles. The van der Waals surface area contributed by atoms with E-state index < -0.39 is 0 Å². The van der Waals surface area contributed by atoms with Crippen molar-refractivity contribution in [3.8, 4) is 0 Å². The Labute approximate surface area is 174 Å². The van der Waals surface area contributed by atoms with Crippen LogP contribution in [0, 0.1) is 6.92 Å². The minimum absolute atomic E-state index is 0.0744. The quantitative estimate of drug-likeness (QED) is 0.539. The molecule has 2 aromatic carbocycles. The van der Waals surface area contributed by atoms with Crippen molar-refractivity contribution < 1.29 is 4.79 Å². The highest BCUT2D eigenvalue weighted by molar-refractivity contribution is 7.98. The first-order valence-corrected chi connectivity index (χ1v) is 11.4. The fourth-order valence-corrected chi connectivity index (χ4v) is 5.10. The van der Waals surface area contributed by atoms with Crippen LogP contribution in [0.2, 0.25) is 0 Å². The van der Waals surface area contributed by atoms with E-state index in [-0.39, 0.29) is 5.91 Å². The third-order valence-corrected chi connectivity index (χ3v) is 6.63. The van der Waals surface area contributed by atoms with Crippen LogP contribution < -0.4 is 10.2 Å². The van der Waals surface area contributed by atoms with Crippen LogP contribution in [0.15, 0.2) is 58.3 Å². The monoisotopic (exact) mass is 409 g/mol. The molecule has 0 unspecified atom stereocenters. The van der Waals surface area contributed by atoms with Gasteiger partial charge in [-0.05, 0) is 55.7 Å². The van der Waals surface area contributed by atoms with Crippen LogP contribution in [0.25, 0.3) is 0 Å². The fraction of sp³-hybridized carbons (Fsp3) is 0.273. The van der Waals surface area contributed by atoms with E-state index >= 15 is 0 Å². The van der Waals surface area contributed by atoms with Crippen LogP contribution in [0.5, 0.6) is 0 Å². The molecule has 28 heavy (non-hydrogen) atoms. The van der Waals surface area contributed by atoms with Gasteiger partial charge >= 0.3 is 0 Å². The standard InChI is InChI=1S/C22H23N3OS2/c1-16-12-17(8-9-20(16)25-10-4-5-11-25)24-22(26)19-6-2-3-7-21(19)28-14-18-13-27-15-23-18/h2-3,6-9,12-13,15H,4-5,10-11,14H2,1H3,(H,24,26). The second kappa shape index (κ2) is 8.80. The van der Waals surface area contributed by atoms with Crippen molar-refractivity contribution in [1.29, 1.82) is 0 Å². The summed E-state index contributed by atoms with van der Waals surface area (Å²) in [5, 5.41) is 5.11. The largest absolute Gasteiger partial charge is 0.371 e. The molecule has 6 heteroatoms. The molecule has 0 atom stereocenters. The predicted octanol–water partition coefficient (Wildman–Crippen LogP) is 5.60. The summed E-state index contributed by atoms with van der Waals surface area (Å²) < 4.78 is 0. The molecule has 0 bridgehead atoms. The van der Waals surface area contributed by atoms with E-state index in [2.05, 4.69) is 34.3 Å². The number of nitrogens with one attached hydrogen (secondary N) is 1. The predicted molar refractivity (Wildman–Crippen MR) is 119 cm³/mol. The Balaban J connectivity index is 1.47.